The van der Waals surface area contributed by atoms with Crippen molar-refractivity contribution < 1.29 is 4.43 Å². The summed E-state index contributed by atoms with van der Waals surface area (Å²) in [5.41, 5.74) is 0.665. The smallest absolute Gasteiger partial charge is 0.229 e. The van der Waals surface area contributed by atoms with Crippen LogP contribution in [0.2, 0.25) is 24.2 Å². The van der Waals surface area contributed by atoms with Crippen LogP contribution in [-0.4, -0.2) is 23.8 Å². The second-order valence-corrected chi connectivity index (χ2v) is 16.0. The maximum atomic E-state index is 6.63. The van der Waals surface area contributed by atoms with Gasteiger partial charge in [0.2, 0.25) is 9.76 Å². The second-order valence-electron chi connectivity index (χ2n) is 8.17. The van der Waals surface area contributed by atoms with Crippen LogP contribution in [-0.2, 0) is 4.43 Å². The van der Waals surface area contributed by atoms with Crippen molar-refractivity contribution in [3.63, 3.8) is 0 Å². The topological polar surface area (TPSA) is 9.23 Å². The lowest BCUT2D eigenvalue weighted by Crippen LogP contribution is -2.26. The van der Waals surface area contributed by atoms with Gasteiger partial charge in [-0.15, -0.1) is 0 Å². The molecule has 4 heteroatoms. The van der Waals surface area contributed by atoms with E-state index < -0.39 is 7.38 Å². The molecule has 0 aliphatic carbocycles. The third kappa shape index (κ3) is 17.8. The highest BCUT2D eigenvalue weighted by atomic mass is 35.6. The lowest BCUT2D eigenvalue weighted by Gasteiger charge is -2.23. The third-order valence-corrected chi connectivity index (χ3v) is 11.9. The summed E-state index contributed by atoms with van der Waals surface area (Å²) in [5, 5.41) is 0. The molecule has 150 valence electrons. The normalized spacial score (nSPS) is 14.2. The van der Waals surface area contributed by atoms with E-state index in [0.29, 0.717) is 15.3 Å². The first kappa shape index (κ1) is 25.7. The van der Waals surface area contributed by atoms with Crippen molar-refractivity contribution in [2.24, 2.45) is 0 Å². The van der Waals surface area contributed by atoms with Gasteiger partial charge in [0.25, 0.3) is 0 Å². The Morgan fingerprint density at radius 1 is 0.800 bits per heavy atom. The quantitative estimate of drug-likeness (QED) is 0.119. The van der Waals surface area contributed by atoms with Crippen molar-refractivity contribution in [3.8, 4) is 0 Å². The molecule has 0 fully saturated rings. The predicted molar refractivity (Wildman–Crippen MR) is 120 cm³/mol. The Labute approximate surface area is 167 Å². The molecule has 0 spiro atoms. The van der Waals surface area contributed by atoms with Crippen LogP contribution in [0, 0.1) is 0 Å². The molecule has 0 aromatic heterocycles. The Balaban J connectivity index is 3.12. The standard InChI is InChI=1S/C21H45ClOSi2/c1-5-6-7-8-9-10-11-12-13-14-15-16-19-24-23-18-17-20-25(4,22)21(2)3/h21H,5-20H2,1-4H3. The Hall–Kier alpha value is 0.684. The van der Waals surface area contributed by atoms with E-state index in [1.807, 2.05) is 0 Å². The van der Waals surface area contributed by atoms with Gasteiger partial charge >= 0.3 is 0 Å². The van der Waals surface area contributed by atoms with Crippen LogP contribution in [0.1, 0.15) is 104 Å². The van der Waals surface area contributed by atoms with Crippen molar-refractivity contribution >= 4 is 28.2 Å². The van der Waals surface area contributed by atoms with E-state index in [1.54, 1.807) is 0 Å². The predicted octanol–water partition coefficient (Wildman–Crippen LogP) is 8.36. The van der Waals surface area contributed by atoms with Crippen molar-refractivity contribution in [3.05, 3.63) is 0 Å². The number of hydrogen-bond donors (Lipinski definition) is 0. The minimum absolute atomic E-state index is 0.665. The van der Waals surface area contributed by atoms with Gasteiger partial charge < -0.3 is 4.43 Å². The fourth-order valence-electron chi connectivity index (χ4n) is 2.96. The maximum absolute atomic E-state index is 6.63. The minimum atomic E-state index is -1.49. The summed E-state index contributed by atoms with van der Waals surface area (Å²) in [6.45, 7) is 10.0. The van der Waals surface area contributed by atoms with Gasteiger partial charge in [-0.05, 0) is 24.1 Å². The molecule has 0 rings (SSSR count). The second kappa shape index (κ2) is 18.1. The SMILES string of the molecule is CCCCCCCCCCCCCC[Si]OCCC[Si](C)(Cl)C(C)C. The monoisotopic (exact) mass is 404 g/mol. The largest absolute Gasteiger partial charge is 0.417 e. The van der Waals surface area contributed by atoms with Crippen LogP contribution >= 0.6 is 11.1 Å². The summed E-state index contributed by atoms with van der Waals surface area (Å²) in [7, 11) is -0.790. The van der Waals surface area contributed by atoms with E-state index in [1.165, 1.54) is 89.1 Å². The van der Waals surface area contributed by atoms with Gasteiger partial charge in [-0.3, -0.25) is 0 Å². The molecule has 0 aliphatic heterocycles. The Morgan fingerprint density at radius 3 is 1.76 bits per heavy atom. The zero-order chi connectivity index (χ0) is 18.8. The van der Waals surface area contributed by atoms with Crippen molar-refractivity contribution in [2.45, 2.75) is 128 Å². The summed E-state index contributed by atoms with van der Waals surface area (Å²) in [5.74, 6) is 0. The van der Waals surface area contributed by atoms with Crippen molar-refractivity contribution in [1.82, 2.24) is 0 Å². The first-order valence-corrected chi connectivity index (χ1v) is 16.0. The molecule has 0 N–H and O–H groups in total. The molecule has 1 nitrogen and oxygen atoms in total. The molecule has 0 aromatic carbocycles. The summed E-state index contributed by atoms with van der Waals surface area (Å²) in [6, 6.07) is 2.45. The van der Waals surface area contributed by atoms with Gasteiger partial charge in [0, 0.05) is 6.61 Å². The van der Waals surface area contributed by atoms with Crippen LogP contribution < -0.4 is 0 Å². The molecule has 0 saturated heterocycles. The number of hydrogen-bond acceptors (Lipinski definition) is 1. The molecular formula is C21H45ClOSi2. The average molecular weight is 405 g/mol. The summed E-state index contributed by atoms with van der Waals surface area (Å²) in [6.07, 6.45) is 18.3. The molecular weight excluding hydrogens is 360 g/mol. The molecule has 0 aliphatic rings. The first-order valence-electron chi connectivity index (χ1n) is 11.0. The van der Waals surface area contributed by atoms with Crippen LogP contribution in [0.15, 0.2) is 0 Å². The highest BCUT2D eigenvalue weighted by molar-refractivity contribution is 7.20. The summed E-state index contributed by atoms with van der Waals surface area (Å²) < 4.78 is 5.80. The molecule has 1 unspecified atom stereocenters. The number of unbranched alkanes of at least 4 members (excludes halogenated alkanes) is 11. The van der Waals surface area contributed by atoms with Gasteiger partial charge in [0.1, 0.15) is 0 Å². The van der Waals surface area contributed by atoms with Gasteiger partial charge in [-0.2, -0.15) is 11.1 Å². The lowest BCUT2D eigenvalue weighted by atomic mass is 10.1. The Bertz CT molecular complexity index is 273. The molecule has 0 amide bonds. The maximum Gasteiger partial charge on any atom is 0.229 e. The molecule has 0 aromatic rings. The molecule has 2 radical (unpaired) electrons. The van der Waals surface area contributed by atoms with E-state index in [2.05, 4.69) is 27.3 Å². The molecule has 25 heavy (non-hydrogen) atoms. The molecule has 0 saturated carbocycles. The Kier molecular flexibility index (Phi) is 18.6. The van der Waals surface area contributed by atoms with Crippen molar-refractivity contribution in [1.29, 1.82) is 0 Å². The van der Waals surface area contributed by atoms with E-state index in [0.717, 1.165) is 13.0 Å². The van der Waals surface area contributed by atoms with Gasteiger partial charge in [-0.1, -0.05) is 104 Å². The van der Waals surface area contributed by atoms with Crippen LogP contribution in [0.4, 0.5) is 0 Å². The zero-order valence-corrected chi connectivity index (χ0v) is 20.4. The minimum Gasteiger partial charge on any atom is -0.417 e. The molecule has 1 atom stereocenters. The fourth-order valence-corrected chi connectivity index (χ4v) is 5.60. The first-order chi connectivity index (χ1) is 12.0. The third-order valence-electron chi connectivity index (χ3n) is 5.35. The van der Waals surface area contributed by atoms with Crippen LogP contribution in [0.3, 0.4) is 0 Å². The average Bonchev–Trinajstić information content (AvgIpc) is 2.57. The van der Waals surface area contributed by atoms with E-state index in [4.69, 9.17) is 15.5 Å². The highest BCUT2D eigenvalue weighted by Gasteiger charge is 2.27. The molecule has 0 heterocycles. The van der Waals surface area contributed by atoms with Crippen molar-refractivity contribution in [2.75, 3.05) is 6.61 Å². The summed E-state index contributed by atoms with van der Waals surface area (Å²) in [4.78, 5) is 0. The van der Waals surface area contributed by atoms with Gasteiger partial charge in [0.15, 0.2) is 7.38 Å². The summed E-state index contributed by atoms with van der Waals surface area (Å²) >= 11 is 6.63. The van der Waals surface area contributed by atoms with Gasteiger partial charge in [-0.25, -0.2) is 0 Å². The number of halogens is 1. The Morgan fingerprint density at radius 2 is 1.28 bits per heavy atom. The van der Waals surface area contributed by atoms with E-state index in [9.17, 15) is 0 Å². The van der Waals surface area contributed by atoms with E-state index in [-0.39, 0.29) is 0 Å². The fraction of sp³-hybridized carbons (Fsp3) is 1.00. The number of rotatable bonds is 19. The van der Waals surface area contributed by atoms with E-state index >= 15 is 0 Å². The zero-order valence-electron chi connectivity index (χ0n) is 17.7. The van der Waals surface area contributed by atoms with Crippen LogP contribution in [0.5, 0.6) is 0 Å². The molecule has 0 bridgehead atoms. The van der Waals surface area contributed by atoms with Crippen LogP contribution in [0.25, 0.3) is 0 Å². The lowest BCUT2D eigenvalue weighted by molar-refractivity contribution is 0.333. The highest BCUT2D eigenvalue weighted by Crippen LogP contribution is 2.29. The van der Waals surface area contributed by atoms with Gasteiger partial charge in [0.05, 0.1) is 0 Å².